The Morgan fingerprint density at radius 3 is 2.64 bits per heavy atom. The standard InChI is InChI=1S/C19H13F2N3OS3/c1-10-2-5-12(6-3-10)24-16-15(28-19(24)26)17(25)23-18(22-16)27-9-11-4-7-13(20)14(21)8-11/h2-8H,9H2,1H3,(H,22,23,25). The maximum absolute atomic E-state index is 13.4. The van der Waals surface area contributed by atoms with Crippen molar-refractivity contribution in [2.75, 3.05) is 0 Å². The van der Waals surface area contributed by atoms with Crippen LogP contribution in [0, 0.1) is 22.5 Å². The summed E-state index contributed by atoms with van der Waals surface area (Å²) in [4.78, 5) is 19.8. The smallest absolute Gasteiger partial charge is 0.271 e. The zero-order valence-corrected chi connectivity index (χ0v) is 17.0. The first-order valence-electron chi connectivity index (χ1n) is 8.22. The lowest BCUT2D eigenvalue weighted by molar-refractivity contribution is 0.507. The number of nitrogens with one attached hydrogen (secondary N) is 1. The number of H-pyrrole nitrogens is 1. The Balaban J connectivity index is 1.73. The number of fused-ring (bicyclic) bond motifs is 1. The van der Waals surface area contributed by atoms with Crippen LogP contribution in [-0.4, -0.2) is 14.5 Å². The van der Waals surface area contributed by atoms with Crippen molar-refractivity contribution >= 4 is 45.7 Å². The highest BCUT2D eigenvalue weighted by Gasteiger charge is 2.14. The van der Waals surface area contributed by atoms with Gasteiger partial charge in [-0.1, -0.05) is 46.9 Å². The predicted octanol–water partition coefficient (Wildman–Crippen LogP) is 5.38. The van der Waals surface area contributed by atoms with E-state index in [4.69, 9.17) is 12.2 Å². The molecule has 0 aliphatic carbocycles. The van der Waals surface area contributed by atoms with Gasteiger partial charge in [0.15, 0.2) is 26.4 Å². The Morgan fingerprint density at radius 2 is 1.93 bits per heavy atom. The third kappa shape index (κ3) is 3.65. The summed E-state index contributed by atoms with van der Waals surface area (Å²) in [5.41, 5.74) is 2.74. The molecule has 0 aliphatic rings. The van der Waals surface area contributed by atoms with Gasteiger partial charge in [-0.15, -0.1) is 0 Å². The largest absolute Gasteiger partial charge is 0.300 e. The highest BCUT2D eigenvalue weighted by Crippen LogP contribution is 2.26. The first-order valence-corrected chi connectivity index (χ1v) is 10.4. The fourth-order valence-electron chi connectivity index (χ4n) is 2.66. The topological polar surface area (TPSA) is 50.7 Å². The van der Waals surface area contributed by atoms with Gasteiger partial charge in [0.25, 0.3) is 5.56 Å². The molecule has 0 bridgehead atoms. The molecular formula is C19H13F2N3OS3. The summed E-state index contributed by atoms with van der Waals surface area (Å²) >= 11 is 7.88. The fraction of sp³-hybridized carbons (Fsp3) is 0.105. The van der Waals surface area contributed by atoms with Gasteiger partial charge in [-0.3, -0.25) is 9.36 Å². The van der Waals surface area contributed by atoms with Crippen LogP contribution < -0.4 is 5.56 Å². The van der Waals surface area contributed by atoms with Crippen molar-refractivity contribution in [3.05, 3.63) is 79.5 Å². The summed E-state index contributed by atoms with van der Waals surface area (Å²) in [6.07, 6.45) is 0. The SMILES string of the molecule is Cc1ccc(-n2c(=S)sc3c(=O)[nH]c(SCc4ccc(F)c(F)c4)nc32)cc1. The van der Waals surface area contributed by atoms with Gasteiger partial charge in [0.2, 0.25) is 0 Å². The molecule has 0 radical (unpaired) electrons. The molecule has 0 fully saturated rings. The van der Waals surface area contributed by atoms with E-state index >= 15 is 0 Å². The van der Waals surface area contributed by atoms with E-state index in [2.05, 4.69) is 9.97 Å². The Labute approximate surface area is 171 Å². The number of rotatable bonds is 4. The third-order valence-corrected chi connectivity index (χ3v) is 6.38. The molecule has 0 aliphatic heterocycles. The molecule has 1 N–H and O–H groups in total. The highest BCUT2D eigenvalue weighted by atomic mass is 32.2. The number of thioether (sulfide) groups is 1. The lowest BCUT2D eigenvalue weighted by atomic mass is 10.2. The van der Waals surface area contributed by atoms with Crippen molar-refractivity contribution in [3.8, 4) is 5.69 Å². The Hall–Kier alpha value is -2.36. The molecule has 142 valence electrons. The van der Waals surface area contributed by atoms with Crippen LogP contribution >= 0.6 is 35.3 Å². The van der Waals surface area contributed by atoms with Crippen LogP contribution in [0.3, 0.4) is 0 Å². The molecular weight excluding hydrogens is 420 g/mol. The summed E-state index contributed by atoms with van der Waals surface area (Å²) < 4.78 is 29.2. The zero-order chi connectivity index (χ0) is 19.8. The number of thiazole rings is 1. The number of aromatic nitrogens is 3. The number of halogens is 2. The second-order valence-electron chi connectivity index (χ2n) is 6.10. The average molecular weight is 434 g/mol. The van der Waals surface area contributed by atoms with E-state index in [1.807, 2.05) is 31.2 Å². The average Bonchev–Trinajstić information content (AvgIpc) is 3.00. The number of aryl methyl sites for hydroxylation is 1. The number of aromatic amines is 1. The fourth-order valence-corrected chi connectivity index (χ4v) is 4.73. The van der Waals surface area contributed by atoms with E-state index in [9.17, 15) is 13.6 Å². The van der Waals surface area contributed by atoms with Gasteiger partial charge in [0.05, 0.1) is 0 Å². The van der Waals surface area contributed by atoms with Crippen LogP contribution in [0.1, 0.15) is 11.1 Å². The maximum Gasteiger partial charge on any atom is 0.271 e. The molecule has 4 nitrogen and oxygen atoms in total. The summed E-state index contributed by atoms with van der Waals surface area (Å²) in [7, 11) is 0. The van der Waals surface area contributed by atoms with Gasteiger partial charge in [0, 0.05) is 11.4 Å². The molecule has 0 saturated heterocycles. The van der Waals surface area contributed by atoms with E-state index in [0.717, 1.165) is 23.4 Å². The van der Waals surface area contributed by atoms with Crippen LogP contribution in [-0.2, 0) is 5.75 Å². The zero-order valence-electron chi connectivity index (χ0n) is 14.5. The number of hydrogen-bond acceptors (Lipinski definition) is 5. The van der Waals surface area contributed by atoms with Crippen molar-refractivity contribution in [2.24, 2.45) is 0 Å². The lowest BCUT2D eigenvalue weighted by Gasteiger charge is -2.06. The van der Waals surface area contributed by atoms with Crippen molar-refractivity contribution in [1.29, 1.82) is 0 Å². The molecule has 0 atom stereocenters. The summed E-state index contributed by atoms with van der Waals surface area (Å²) in [5, 5.41) is 0.385. The lowest BCUT2D eigenvalue weighted by Crippen LogP contribution is -2.09. The van der Waals surface area contributed by atoms with Gasteiger partial charge < -0.3 is 4.98 Å². The van der Waals surface area contributed by atoms with Crippen LogP contribution in [0.15, 0.2) is 52.4 Å². The van der Waals surface area contributed by atoms with Crippen LogP contribution in [0.2, 0.25) is 0 Å². The third-order valence-electron chi connectivity index (χ3n) is 4.07. The van der Waals surface area contributed by atoms with Crippen molar-refractivity contribution in [1.82, 2.24) is 14.5 Å². The van der Waals surface area contributed by atoms with Gasteiger partial charge in [-0.2, -0.15) is 0 Å². The minimum absolute atomic E-state index is 0.278. The van der Waals surface area contributed by atoms with Gasteiger partial charge >= 0.3 is 0 Å². The van der Waals surface area contributed by atoms with E-state index in [1.54, 1.807) is 4.57 Å². The molecule has 2 aromatic carbocycles. The Bertz CT molecular complexity index is 1290. The van der Waals surface area contributed by atoms with E-state index in [0.29, 0.717) is 30.8 Å². The first-order chi connectivity index (χ1) is 13.4. The molecule has 4 rings (SSSR count). The van der Waals surface area contributed by atoms with Crippen LogP contribution in [0.4, 0.5) is 8.78 Å². The van der Waals surface area contributed by atoms with Gasteiger partial charge in [-0.05, 0) is 49.0 Å². The van der Waals surface area contributed by atoms with Crippen molar-refractivity contribution < 1.29 is 8.78 Å². The second kappa shape index (κ2) is 7.57. The van der Waals surface area contributed by atoms with E-state index < -0.39 is 11.6 Å². The van der Waals surface area contributed by atoms with Gasteiger partial charge in [-0.25, -0.2) is 13.8 Å². The van der Waals surface area contributed by atoms with Crippen molar-refractivity contribution in [3.63, 3.8) is 0 Å². The number of benzene rings is 2. The summed E-state index contributed by atoms with van der Waals surface area (Å²) in [5.74, 6) is -1.46. The quantitative estimate of drug-likeness (QED) is 0.267. The Kier molecular flexibility index (Phi) is 5.13. The molecule has 0 spiro atoms. The molecule has 2 aromatic heterocycles. The van der Waals surface area contributed by atoms with E-state index in [-0.39, 0.29) is 5.56 Å². The minimum Gasteiger partial charge on any atom is -0.300 e. The first kappa shape index (κ1) is 19.0. The highest BCUT2D eigenvalue weighted by molar-refractivity contribution is 7.98. The number of hydrogen-bond donors (Lipinski definition) is 1. The Morgan fingerprint density at radius 1 is 1.18 bits per heavy atom. The molecule has 9 heteroatoms. The summed E-state index contributed by atoms with van der Waals surface area (Å²) in [6, 6.07) is 11.5. The minimum atomic E-state index is -0.902. The molecule has 4 aromatic rings. The monoisotopic (exact) mass is 433 g/mol. The van der Waals surface area contributed by atoms with Crippen LogP contribution in [0.5, 0.6) is 0 Å². The maximum atomic E-state index is 13.4. The summed E-state index contributed by atoms with van der Waals surface area (Å²) in [6.45, 7) is 1.99. The normalized spacial score (nSPS) is 11.2. The molecule has 0 unspecified atom stereocenters. The molecule has 2 heterocycles. The van der Waals surface area contributed by atoms with E-state index in [1.165, 1.54) is 29.2 Å². The van der Waals surface area contributed by atoms with Crippen molar-refractivity contribution in [2.45, 2.75) is 17.8 Å². The predicted molar refractivity (Wildman–Crippen MR) is 111 cm³/mol. The number of nitrogens with zero attached hydrogens (tertiary/aromatic N) is 2. The van der Waals surface area contributed by atoms with Gasteiger partial charge in [0.1, 0.15) is 4.70 Å². The molecule has 0 saturated carbocycles. The molecule has 28 heavy (non-hydrogen) atoms. The molecule has 0 amide bonds. The second-order valence-corrected chi connectivity index (χ2v) is 8.71. The van der Waals surface area contributed by atoms with Crippen LogP contribution in [0.25, 0.3) is 16.0 Å².